The summed E-state index contributed by atoms with van der Waals surface area (Å²) in [6, 6.07) is 0.571. The van der Waals surface area contributed by atoms with E-state index in [2.05, 4.69) is 31.2 Å². The molecule has 0 aromatic carbocycles. The van der Waals surface area contributed by atoms with Gasteiger partial charge in [-0.25, -0.2) is 0 Å². The summed E-state index contributed by atoms with van der Waals surface area (Å²) in [5.74, 6) is 0. The van der Waals surface area contributed by atoms with Crippen molar-refractivity contribution in [1.82, 2.24) is 15.1 Å². The summed E-state index contributed by atoms with van der Waals surface area (Å²) in [6.07, 6.45) is 6.87. The zero-order chi connectivity index (χ0) is 16.4. The highest BCUT2D eigenvalue weighted by atomic mass is 16.5. The zero-order valence-corrected chi connectivity index (χ0v) is 14.8. The molecule has 0 amide bonds. The van der Waals surface area contributed by atoms with Crippen molar-refractivity contribution in [3.63, 3.8) is 0 Å². The average molecular weight is 321 g/mol. The number of nitrogens with one attached hydrogen (secondary N) is 1. The first-order valence-corrected chi connectivity index (χ1v) is 9.11. The van der Waals surface area contributed by atoms with E-state index in [-0.39, 0.29) is 6.61 Å². The lowest BCUT2D eigenvalue weighted by Crippen LogP contribution is -2.62. The summed E-state index contributed by atoms with van der Waals surface area (Å²) in [4.78, 5) is 0. The van der Waals surface area contributed by atoms with E-state index in [1.165, 1.54) is 36.9 Å². The van der Waals surface area contributed by atoms with Crippen LogP contribution in [0.15, 0.2) is 0 Å². The van der Waals surface area contributed by atoms with Crippen LogP contribution in [0.3, 0.4) is 0 Å². The number of aliphatic hydroxyl groups excluding tert-OH is 1. The van der Waals surface area contributed by atoms with Crippen LogP contribution in [-0.2, 0) is 17.8 Å². The van der Waals surface area contributed by atoms with Gasteiger partial charge in [-0.05, 0) is 40.0 Å². The minimum atomic E-state index is 0.136. The molecule has 3 rings (SSSR count). The molecule has 0 bridgehead atoms. The Hall–Kier alpha value is -0.910. The number of aliphatic hydroxyl groups is 1. The molecule has 2 unspecified atom stereocenters. The molecule has 2 atom stereocenters. The summed E-state index contributed by atoms with van der Waals surface area (Å²) in [5.41, 5.74) is 3.90. The van der Waals surface area contributed by atoms with E-state index in [1.54, 1.807) is 0 Å². The molecule has 23 heavy (non-hydrogen) atoms. The minimum absolute atomic E-state index is 0.136. The third-order valence-electron chi connectivity index (χ3n) is 6.06. The first kappa shape index (κ1) is 16.9. The molecule has 2 aliphatic carbocycles. The maximum Gasteiger partial charge on any atom is 0.0661 e. The van der Waals surface area contributed by atoms with Gasteiger partial charge in [0.2, 0.25) is 0 Å². The van der Waals surface area contributed by atoms with Crippen molar-refractivity contribution in [3.8, 4) is 0 Å². The molecular formula is C18H31N3O2. The molecule has 0 radical (unpaired) electrons. The number of aryl methyl sites for hydroxylation is 1. The smallest absolute Gasteiger partial charge is 0.0661 e. The number of aromatic nitrogens is 2. The molecule has 2 saturated carbocycles. The molecule has 2 aliphatic rings. The van der Waals surface area contributed by atoms with Crippen molar-refractivity contribution in [2.24, 2.45) is 5.41 Å². The van der Waals surface area contributed by atoms with Gasteiger partial charge in [0.25, 0.3) is 0 Å². The van der Waals surface area contributed by atoms with E-state index in [0.29, 0.717) is 24.1 Å². The van der Waals surface area contributed by atoms with Crippen LogP contribution in [0.25, 0.3) is 0 Å². The van der Waals surface area contributed by atoms with Gasteiger partial charge < -0.3 is 15.2 Å². The number of rotatable bonds is 7. The van der Waals surface area contributed by atoms with Crippen LogP contribution < -0.4 is 5.32 Å². The second-order valence-electron chi connectivity index (χ2n) is 7.15. The van der Waals surface area contributed by atoms with E-state index in [9.17, 15) is 0 Å². The van der Waals surface area contributed by atoms with Crippen LogP contribution in [0.4, 0.5) is 0 Å². The van der Waals surface area contributed by atoms with Crippen molar-refractivity contribution in [2.75, 3.05) is 13.2 Å². The summed E-state index contributed by atoms with van der Waals surface area (Å²) >= 11 is 0. The van der Waals surface area contributed by atoms with Gasteiger partial charge in [-0.2, -0.15) is 5.10 Å². The maximum atomic E-state index is 9.14. The van der Waals surface area contributed by atoms with E-state index in [1.807, 2.05) is 4.68 Å². The topological polar surface area (TPSA) is 59.3 Å². The van der Waals surface area contributed by atoms with Gasteiger partial charge in [-0.3, -0.25) is 4.68 Å². The van der Waals surface area contributed by atoms with Crippen molar-refractivity contribution in [1.29, 1.82) is 0 Å². The first-order valence-electron chi connectivity index (χ1n) is 9.11. The Morgan fingerprint density at radius 1 is 1.35 bits per heavy atom. The second kappa shape index (κ2) is 6.91. The molecule has 1 aromatic rings. The normalized spacial score (nSPS) is 25.9. The highest BCUT2D eigenvalue weighted by molar-refractivity contribution is 5.25. The summed E-state index contributed by atoms with van der Waals surface area (Å²) in [5, 5.41) is 17.5. The Balaban J connectivity index is 1.65. The molecule has 1 spiro atoms. The number of hydrogen-bond donors (Lipinski definition) is 2. The molecule has 130 valence electrons. The van der Waals surface area contributed by atoms with Crippen LogP contribution in [0.1, 0.15) is 56.0 Å². The van der Waals surface area contributed by atoms with E-state index in [4.69, 9.17) is 9.84 Å². The third kappa shape index (κ3) is 2.94. The maximum absolute atomic E-state index is 9.14. The monoisotopic (exact) mass is 321 g/mol. The predicted octanol–water partition coefficient (Wildman–Crippen LogP) is 2.32. The highest BCUT2D eigenvalue weighted by Gasteiger charge is 2.56. The number of ether oxygens (including phenoxy) is 1. The summed E-state index contributed by atoms with van der Waals surface area (Å²) in [7, 11) is 0. The van der Waals surface area contributed by atoms with Gasteiger partial charge in [0.05, 0.1) is 24.9 Å². The molecule has 5 nitrogen and oxygen atoms in total. The molecule has 2 fully saturated rings. The fraction of sp³-hybridized carbons (Fsp3) is 0.833. The van der Waals surface area contributed by atoms with Gasteiger partial charge in [0.15, 0.2) is 0 Å². The number of hydrogen-bond acceptors (Lipinski definition) is 4. The molecule has 2 N–H and O–H groups in total. The van der Waals surface area contributed by atoms with Crippen LogP contribution in [0.2, 0.25) is 0 Å². The SMILES string of the molecule is CCOC1CC(NCc2c(C)nn(CCO)c2C)C12CCCC2. The van der Waals surface area contributed by atoms with Gasteiger partial charge in [-0.15, -0.1) is 0 Å². The fourth-order valence-corrected chi connectivity index (χ4v) is 4.70. The Bertz CT molecular complexity index is 535. The van der Waals surface area contributed by atoms with Crippen molar-refractivity contribution in [2.45, 2.75) is 78.1 Å². The molecule has 1 heterocycles. The lowest BCUT2D eigenvalue weighted by atomic mass is 9.60. The van der Waals surface area contributed by atoms with Crippen LogP contribution in [-0.4, -0.2) is 40.2 Å². The van der Waals surface area contributed by atoms with Crippen molar-refractivity contribution < 1.29 is 9.84 Å². The Labute approximate surface area is 139 Å². The average Bonchev–Trinajstić information content (AvgIpc) is 3.13. The fourth-order valence-electron chi connectivity index (χ4n) is 4.70. The largest absolute Gasteiger partial charge is 0.394 e. The quantitative estimate of drug-likeness (QED) is 0.809. The standard InChI is InChI=1S/C18H31N3O2/c1-4-23-17-11-16(18(17)7-5-6-8-18)19-12-15-13(2)20-21(9-10-22)14(15)3/h16-17,19,22H,4-12H2,1-3H3. The summed E-state index contributed by atoms with van der Waals surface area (Å²) in [6.45, 7) is 8.67. The van der Waals surface area contributed by atoms with E-state index in [0.717, 1.165) is 25.3 Å². The molecule has 0 aliphatic heterocycles. The van der Waals surface area contributed by atoms with Crippen LogP contribution >= 0.6 is 0 Å². The summed E-state index contributed by atoms with van der Waals surface area (Å²) < 4.78 is 7.92. The Morgan fingerprint density at radius 2 is 2.09 bits per heavy atom. The molecular weight excluding hydrogens is 290 g/mol. The predicted molar refractivity (Wildman–Crippen MR) is 90.3 cm³/mol. The van der Waals surface area contributed by atoms with E-state index < -0.39 is 0 Å². The second-order valence-corrected chi connectivity index (χ2v) is 7.15. The molecule has 5 heteroatoms. The molecule has 1 aromatic heterocycles. The Kier molecular flexibility index (Phi) is 5.09. The lowest BCUT2D eigenvalue weighted by Gasteiger charge is -2.54. The Morgan fingerprint density at radius 3 is 2.74 bits per heavy atom. The first-order chi connectivity index (χ1) is 11.1. The number of nitrogens with zero attached hydrogens (tertiary/aromatic N) is 2. The minimum Gasteiger partial charge on any atom is -0.394 e. The van der Waals surface area contributed by atoms with Gasteiger partial charge in [0.1, 0.15) is 0 Å². The van der Waals surface area contributed by atoms with Crippen molar-refractivity contribution in [3.05, 3.63) is 17.0 Å². The third-order valence-corrected chi connectivity index (χ3v) is 6.06. The van der Waals surface area contributed by atoms with Crippen LogP contribution in [0.5, 0.6) is 0 Å². The highest BCUT2D eigenvalue weighted by Crippen LogP contribution is 2.54. The van der Waals surface area contributed by atoms with Gasteiger partial charge in [-0.1, -0.05) is 12.8 Å². The van der Waals surface area contributed by atoms with Gasteiger partial charge >= 0.3 is 0 Å². The van der Waals surface area contributed by atoms with Crippen LogP contribution in [0, 0.1) is 19.3 Å². The lowest BCUT2D eigenvalue weighted by molar-refractivity contribution is -0.130. The zero-order valence-electron chi connectivity index (χ0n) is 14.8. The van der Waals surface area contributed by atoms with Crippen molar-refractivity contribution >= 4 is 0 Å². The van der Waals surface area contributed by atoms with Gasteiger partial charge in [0, 0.05) is 35.9 Å². The van der Waals surface area contributed by atoms with E-state index >= 15 is 0 Å². The molecule has 0 saturated heterocycles.